The fourth-order valence-electron chi connectivity index (χ4n) is 1.34. The maximum atomic E-state index is 11.7. The van der Waals surface area contributed by atoms with Gasteiger partial charge >= 0.3 is 0 Å². The van der Waals surface area contributed by atoms with Gasteiger partial charge in [-0.05, 0) is 11.5 Å². The fraction of sp³-hybridized carbons (Fsp3) is 0.462. The quantitative estimate of drug-likeness (QED) is 0.795. The van der Waals surface area contributed by atoms with Crippen molar-refractivity contribution in [3.8, 4) is 0 Å². The summed E-state index contributed by atoms with van der Waals surface area (Å²) in [4.78, 5) is 11.7. The molecule has 16 heavy (non-hydrogen) atoms. The van der Waals surface area contributed by atoms with E-state index < -0.39 is 6.04 Å². The highest BCUT2D eigenvalue weighted by Crippen LogP contribution is 2.09. The van der Waals surface area contributed by atoms with Gasteiger partial charge in [0.2, 0.25) is 5.91 Å². The molecule has 0 bridgehead atoms. The summed E-state index contributed by atoms with van der Waals surface area (Å²) in [6.07, 6.45) is 1.06. The van der Waals surface area contributed by atoms with E-state index in [1.54, 1.807) is 0 Å². The van der Waals surface area contributed by atoms with E-state index in [0.717, 1.165) is 12.0 Å². The van der Waals surface area contributed by atoms with Crippen molar-refractivity contribution in [3.63, 3.8) is 0 Å². The maximum Gasteiger partial charge on any atom is 0.241 e. The first-order chi connectivity index (χ1) is 7.65. The molecule has 0 fully saturated rings. The van der Waals surface area contributed by atoms with Gasteiger partial charge in [0.15, 0.2) is 0 Å². The Labute approximate surface area is 97.0 Å². The topological polar surface area (TPSA) is 55.1 Å². The smallest absolute Gasteiger partial charge is 0.241 e. The van der Waals surface area contributed by atoms with Crippen LogP contribution in [0, 0.1) is 5.92 Å². The molecule has 0 aliphatic rings. The van der Waals surface area contributed by atoms with Crippen molar-refractivity contribution < 1.29 is 4.79 Å². The highest BCUT2D eigenvalue weighted by Gasteiger charge is 2.15. The summed E-state index contributed by atoms with van der Waals surface area (Å²) >= 11 is 0. The van der Waals surface area contributed by atoms with E-state index >= 15 is 0 Å². The van der Waals surface area contributed by atoms with E-state index in [1.807, 2.05) is 30.3 Å². The summed E-state index contributed by atoms with van der Waals surface area (Å²) in [6.45, 7) is 4.90. The molecule has 2 atom stereocenters. The van der Waals surface area contributed by atoms with Crippen molar-refractivity contribution in [1.82, 2.24) is 5.32 Å². The molecule has 1 unspecified atom stereocenters. The Morgan fingerprint density at radius 3 is 2.56 bits per heavy atom. The van der Waals surface area contributed by atoms with Crippen molar-refractivity contribution in [1.29, 1.82) is 0 Å². The molecule has 0 aliphatic heterocycles. The predicted molar refractivity (Wildman–Crippen MR) is 65.8 cm³/mol. The second kappa shape index (κ2) is 6.28. The molecule has 0 aliphatic carbocycles. The Balaban J connectivity index is 2.49. The highest BCUT2D eigenvalue weighted by atomic mass is 16.2. The first-order valence-corrected chi connectivity index (χ1v) is 5.73. The maximum absolute atomic E-state index is 11.7. The van der Waals surface area contributed by atoms with E-state index in [1.165, 1.54) is 0 Å². The molecule has 0 aromatic heterocycles. The van der Waals surface area contributed by atoms with Gasteiger partial charge in [-0.15, -0.1) is 0 Å². The van der Waals surface area contributed by atoms with Crippen LogP contribution in [0.15, 0.2) is 30.3 Å². The summed E-state index contributed by atoms with van der Waals surface area (Å²) in [5.41, 5.74) is 6.71. The van der Waals surface area contributed by atoms with Gasteiger partial charge in [0.1, 0.15) is 6.04 Å². The van der Waals surface area contributed by atoms with Crippen molar-refractivity contribution in [3.05, 3.63) is 35.9 Å². The SMILES string of the molecule is CCC(C)CNC(=O)[C@H](N)c1ccccc1. The second-order valence-electron chi connectivity index (χ2n) is 4.15. The summed E-state index contributed by atoms with van der Waals surface area (Å²) in [5, 5.41) is 2.87. The Kier molecular flexibility index (Phi) is 4.99. The molecular formula is C13H20N2O. The van der Waals surface area contributed by atoms with Gasteiger partial charge in [0.25, 0.3) is 0 Å². The number of amides is 1. The number of benzene rings is 1. The molecule has 1 aromatic rings. The summed E-state index contributed by atoms with van der Waals surface area (Å²) in [5.74, 6) is 0.387. The highest BCUT2D eigenvalue weighted by molar-refractivity contribution is 5.82. The minimum absolute atomic E-state index is 0.105. The number of carbonyl (C=O) groups is 1. The van der Waals surface area contributed by atoms with Crippen LogP contribution in [0.5, 0.6) is 0 Å². The molecular weight excluding hydrogens is 200 g/mol. The van der Waals surface area contributed by atoms with Crippen LogP contribution in [0.25, 0.3) is 0 Å². The third kappa shape index (κ3) is 3.66. The summed E-state index contributed by atoms with van der Waals surface area (Å²) in [7, 11) is 0. The van der Waals surface area contributed by atoms with Crippen LogP contribution < -0.4 is 11.1 Å². The Hall–Kier alpha value is -1.35. The van der Waals surface area contributed by atoms with Crippen LogP contribution >= 0.6 is 0 Å². The molecule has 1 rings (SSSR count). The average Bonchev–Trinajstić information content (AvgIpc) is 2.35. The minimum atomic E-state index is -0.565. The van der Waals surface area contributed by atoms with Crippen molar-refractivity contribution in [2.75, 3.05) is 6.54 Å². The average molecular weight is 220 g/mol. The zero-order chi connectivity index (χ0) is 12.0. The monoisotopic (exact) mass is 220 g/mol. The van der Waals surface area contributed by atoms with Gasteiger partial charge in [-0.3, -0.25) is 4.79 Å². The van der Waals surface area contributed by atoms with E-state index in [0.29, 0.717) is 12.5 Å². The molecule has 1 aromatic carbocycles. The van der Waals surface area contributed by atoms with Crippen LogP contribution in [0.3, 0.4) is 0 Å². The standard InChI is InChI=1S/C13H20N2O/c1-3-10(2)9-15-13(16)12(14)11-7-5-4-6-8-11/h4-8,10,12H,3,9,14H2,1-2H3,(H,15,16)/t10?,12-/m1/s1. The molecule has 3 nitrogen and oxygen atoms in total. The van der Waals surface area contributed by atoms with Crippen LogP contribution in [-0.4, -0.2) is 12.5 Å². The van der Waals surface area contributed by atoms with E-state index in [-0.39, 0.29) is 5.91 Å². The zero-order valence-electron chi connectivity index (χ0n) is 9.94. The summed E-state index contributed by atoms with van der Waals surface area (Å²) in [6, 6.07) is 8.85. The van der Waals surface area contributed by atoms with E-state index in [9.17, 15) is 4.79 Å². The third-order valence-corrected chi connectivity index (χ3v) is 2.76. The fourth-order valence-corrected chi connectivity index (χ4v) is 1.34. The Morgan fingerprint density at radius 1 is 1.38 bits per heavy atom. The number of hydrogen-bond donors (Lipinski definition) is 2. The Bertz CT molecular complexity index is 324. The lowest BCUT2D eigenvalue weighted by Gasteiger charge is -2.14. The normalized spacial score (nSPS) is 14.2. The van der Waals surface area contributed by atoms with Crippen molar-refractivity contribution >= 4 is 5.91 Å². The lowest BCUT2D eigenvalue weighted by Crippen LogP contribution is -2.36. The van der Waals surface area contributed by atoms with E-state index in [4.69, 9.17) is 5.73 Å². The first kappa shape index (κ1) is 12.7. The van der Waals surface area contributed by atoms with Gasteiger partial charge in [-0.25, -0.2) is 0 Å². The summed E-state index contributed by atoms with van der Waals surface area (Å²) < 4.78 is 0. The molecule has 0 spiro atoms. The zero-order valence-corrected chi connectivity index (χ0v) is 9.94. The van der Waals surface area contributed by atoms with E-state index in [2.05, 4.69) is 19.2 Å². The lowest BCUT2D eigenvalue weighted by atomic mass is 10.1. The Morgan fingerprint density at radius 2 is 2.00 bits per heavy atom. The number of hydrogen-bond acceptors (Lipinski definition) is 2. The largest absolute Gasteiger partial charge is 0.354 e. The van der Waals surface area contributed by atoms with Gasteiger partial charge < -0.3 is 11.1 Å². The van der Waals surface area contributed by atoms with Crippen LogP contribution in [0.1, 0.15) is 31.9 Å². The molecule has 3 heteroatoms. The predicted octanol–water partition coefficient (Wildman–Crippen LogP) is 1.85. The first-order valence-electron chi connectivity index (χ1n) is 5.73. The molecule has 88 valence electrons. The molecule has 0 saturated heterocycles. The number of rotatable bonds is 5. The van der Waals surface area contributed by atoms with Gasteiger partial charge in [0, 0.05) is 6.54 Å². The van der Waals surface area contributed by atoms with Gasteiger partial charge in [-0.2, -0.15) is 0 Å². The van der Waals surface area contributed by atoms with Crippen molar-refractivity contribution in [2.45, 2.75) is 26.3 Å². The number of nitrogens with two attached hydrogens (primary N) is 1. The molecule has 1 amide bonds. The van der Waals surface area contributed by atoms with Crippen LogP contribution in [0.4, 0.5) is 0 Å². The molecule has 0 saturated carbocycles. The second-order valence-corrected chi connectivity index (χ2v) is 4.15. The molecule has 0 heterocycles. The van der Waals surface area contributed by atoms with Crippen molar-refractivity contribution in [2.24, 2.45) is 11.7 Å². The molecule has 0 radical (unpaired) electrons. The number of nitrogens with one attached hydrogen (secondary N) is 1. The van der Waals surface area contributed by atoms with Crippen LogP contribution in [-0.2, 0) is 4.79 Å². The third-order valence-electron chi connectivity index (χ3n) is 2.76. The lowest BCUT2D eigenvalue weighted by molar-refractivity contribution is -0.122. The van der Waals surface area contributed by atoms with Gasteiger partial charge in [-0.1, -0.05) is 50.6 Å². The van der Waals surface area contributed by atoms with Crippen LogP contribution in [0.2, 0.25) is 0 Å². The van der Waals surface area contributed by atoms with Gasteiger partial charge in [0.05, 0.1) is 0 Å². The number of carbonyl (C=O) groups excluding carboxylic acids is 1. The minimum Gasteiger partial charge on any atom is -0.354 e. The molecule has 3 N–H and O–H groups in total.